The maximum absolute atomic E-state index is 13.3. The molecule has 3 atom stereocenters. The predicted octanol–water partition coefficient (Wildman–Crippen LogP) is 5.04. The van der Waals surface area contributed by atoms with Crippen LogP contribution in [0.1, 0.15) is 30.7 Å². The van der Waals surface area contributed by atoms with E-state index in [4.69, 9.17) is 4.42 Å². The Kier molecular flexibility index (Phi) is 5.20. The molecule has 9 heteroatoms. The van der Waals surface area contributed by atoms with Crippen molar-refractivity contribution in [3.63, 3.8) is 0 Å². The molecule has 0 unspecified atom stereocenters. The first-order valence-electron chi connectivity index (χ1n) is 9.59. The van der Waals surface area contributed by atoms with E-state index in [1.807, 2.05) is 0 Å². The lowest BCUT2D eigenvalue weighted by molar-refractivity contribution is -0.137. The maximum Gasteiger partial charge on any atom is 0.416 e. The lowest BCUT2D eigenvalue weighted by atomic mass is 10.2. The van der Waals surface area contributed by atoms with Crippen LogP contribution in [-0.4, -0.2) is 11.8 Å². The van der Waals surface area contributed by atoms with E-state index in [2.05, 4.69) is 10.6 Å². The number of rotatable bonds is 5. The van der Waals surface area contributed by atoms with Gasteiger partial charge in [0.1, 0.15) is 17.2 Å². The molecule has 1 heterocycles. The Bertz CT molecular complexity index is 1160. The molecule has 1 aliphatic carbocycles. The van der Waals surface area contributed by atoms with E-state index in [0.29, 0.717) is 23.2 Å². The summed E-state index contributed by atoms with van der Waals surface area (Å²) in [5.41, 5.74) is -0.356. The quantitative estimate of drug-likeness (QED) is 0.553. The second-order valence-electron chi connectivity index (χ2n) is 7.58. The molecule has 2 amide bonds. The summed E-state index contributed by atoms with van der Waals surface area (Å²) in [6.07, 6.45) is -4.21. The van der Waals surface area contributed by atoms with Gasteiger partial charge in [0.15, 0.2) is 0 Å². The number of carbonyl (C=O) groups excluding carboxylic acids is 2. The van der Waals surface area contributed by atoms with Gasteiger partial charge in [-0.05, 0) is 55.8 Å². The Hall–Kier alpha value is -3.36. The summed E-state index contributed by atoms with van der Waals surface area (Å²) >= 11 is 0. The van der Waals surface area contributed by atoms with E-state index >= 15 is 0 Å². The topological polar surface area (TPSA) is 71.3 Å². The average Bonchev–Trinajstić information content (AvgIpc) is 3.40. The van der Waals surface area contributed by atoms with Crippen molar-refractivity contribution in [1.82, 2.24) is 5.32 Å². The number of fused-ring (bicyclic) bond motifs is 1. The minimum absolute atomic E-state index is 0.0220. The molecule has 0 bridgehead atoms. The van der Waals surface area contributed by atoms with Crippen LogP contribution in [0.3, 0.4) is 0 Å². The van der Waals surface area contributed by atoms with Gasteiger partial charge >= 0.3 is 6.18 Å². The monoisotopic (exact) mass is 434 g/mol. The van der Waals surface area contributed by atoms with Crippen LogP contribution in [0.2, 0.25) is 0 Å². The molecule has 4 rings (SSSR count). The molecule has 1 aromatic heterocycles. The standard InChI is InChI=1S/C22H18F4N2O3/c1-11(19-8-12-7-14(23)5-6-18(12)31-19)27-20(29)16-10-17(16)21(30)28-15-4-2-3-13(9-15)22(24,25)26/h2-9,11,16-17H,10H2,1H3,(H,27,29)(H,28,30)/t11-,16+,17+/m1/s1. The number of halogens is 4. The van der Waals surface area contributed by atoms with Crippen molar-refractivity contribution in [2.24, 2.45) is 11.8 Å². The molecule has 162 valence electrons. The van der Waals surface area contributed by atoms with Gasteiger partial charge in [0.2, 0.25) is 11.8 Å². The number of hydrogen-bond donors (Lipinski definition) is 2. The third-order valence-corrected chi connectivity index (χ3v) is 5.20. The predicted molar refractivity (Wildman–Crippen MR) is 104 cm³/mol. The van der Waals surface area contributed by atoms with Gasteiger partial charge in [0, 0.05) is 11.1 Å². The van der Waals surface area contributed by atoms with Crippen LogP contribution in [0.25, 0.3) is 11.0 Å². The van der Waals surface area contributed by atoms with Crippen LogP contribution in [0, 0.1) is 17.7 Å². The van der Waals surface area contributed by atoms with E-state index < -0.39 is 41.3 Å². The second kappa shape index (κ2) is 7.72. The molecule has 1 saturated carbocycles. The van der Waals surface area contributed by atoms with E-state index in [1.165, 1.54) is 30.3 Å². The molecule has 2 aromatic carbocycles. The Morgan fingerprint density at radius 2 is 1.81 bits per heavy atom. The van der Waals surface area contributed by atoms with Crippen LogP contribution in [0.5, 0.6) is 0 Å². The number of benzene rings is 2. The highest BCUT2D eigenvalue weighted by Gasteiger charge is 2.48. The molecule has 31 heavy (non-hydrogen) atoms. The Labute approximate surface area is 174 Å². The smallest absolute Gasteiger partial charge is 0.416 e. The molecule has 1 aliphatic rings. The van der Waals surface area contributed by atoms with Crippen molar-refractivity contribution in [1.29, 1.82) is 0 Å². The van der Waals surface area contributed by atoms with Crippen LogP contribution in [0.15, 0.2) is 52.9 Å². The van der Waals surface area contributed by atoms with E-state index in [0.717, 1.165) is 12.1 Å². The third kappa shape index (κ3) is 4.55. The number of anilines is 1. The normalized spacial score (nSPS) is 19.1. The summed E-state index contributed by atoms with van der Waals surface area (Å²) in [5.74, 6) is -2.01. The van der Waals surface area contributed by atoms with Crippen molar-refractivity contribution in [3.05, 3.63) is 65.7 Å². The van der Waals surface area contributed by atoms with Gasteiger partial charge in [0.05, 0.1) is 23.4 Å². The number of carbonyl (C=O) groups is 2. The molecule has 0 aliphatic heterocycles. The van der Waals surface area contributed by atoms with Gasteiger partial charge < -0.3 is 15.1 Å². The highest BCUT2D eigenvalue weighted by molar-refractivity contribution is 5.99. The van der Waals surface area contributed by atoms with Crippen LogP contribution in [-0.2, 0) is 15.8 Å². The number of alkyl halides is 3. The van der Waals surface area contributed by atoms with Gasteiger partial charge in [-0.3, -0.25) is 9.59 Å². The van der Waals surface area contributed by atoms with Crippen molar-refractivity contribution in [2.75, 3.05) is 5.32 Å². The summed E-state index contributed by atoms with van der Waals surface area (Å²) in [6.45, 7) is 1.70. The highest BCUT2D eigenvalue weighted by atomic mass is 19.4. The molecule has 0 radical (unpaired) electrons. The van der Waals surface area contributed by atoms with Gasteiger partial charge in [0.25, 0.3) is 0 Å². The first-order valence-corrected chi connectivity index (χ1v) is 9.59. The van der Waals surface area contributed by atoms with Crippen molar-refractivity contribution >= 4 is 28.5 Å². The van der Waals surface area contributed by atoms with E-state index in [-0.39, 0.29) is 11.6 Å². The zero-order chi connectivity index (χ0) is 22.3. The Balaban J connectivity index is 1.35. The van der Waals surface area contributed by atoms with Crippen molar-refractivity contribution in [3.8, 4) is 0 Å². The number of amides is 2. The Morgan fingerprint density at radius 3 is 2.55 bits per heavy atom. The first kappa shape index (κ1) is 20.9. The first-order chi connectivity index (χ1) is 14.6. The van der Waals surface area contributed by atoms with Crippen LogP contribution >= 0.6 is 0 Å². The molecular formula is C22H18F4N2O3. The summed E-state index contributed by atoms with van der Waals surface area (Å²) in [4.78, 5) is 24.8. The molecule has 5 nitrogen and oxygen atoms in total. The summed E-state index contributed by atoms with van der Waals surface area (Å²) < 4.78 is 57.4. The summed E-state index contributed by atoms with van der Waals surface area (Å²) in [5, 5.41) is 5.76. The largest absolute Gasteiger partial charge is 0.459 e. The molecule has 2 N–H and O–H groups in total. The SMILES string of the molecule is C[C@@H](NC(=O)[C@H]1C[C@@H]1C(=O)Nc1cccc(C(F)(F)F)c1)c1cc2cc(F)ccc2o1. The molecule has 0 spiro atoms. The lowest BCUT2D eigenvalue weighted by Crippen LogP contribution is -2.29. The molecule has 3 aromatic rings. The molecule has 0 saturated heterocycles. The van der Waals surface area contributed by atoms with E-state index in [1.54, 1.807) is 13.0 Å². The second-order valence-corrected chi connectivity index (χ2v) is 7.58. The maximum atomic E-state index is 13.3. The van der Waals surface area contributed by atoms with E-state index in [9.17, 15) is 27.2 Å². The fourth-order valence-corrected chi connectivity index (χ4v) is 3.42. The number of nitrogens with one attached hydrogen (secondary N) is 2. The van der Waals surface area contributed by atoms with Crippen molar-refractivity contribution < 1.29 is 31.6 Å². The number of furan rings is 1. The zero-order valence-corrected chi connectivity index (χ0v) is 16.3. The minimum atomic E-state index is -4.51. The van der Waals surface area contributed by atoms with Gasteiger partial charge in [-0.1, -0.05) is 6.07 Å². The summed E-state index contributed by atoms with van der Waals surface area (Å²) in [6, 6.07) is 9.55. The van der Waals surface area contributed by atoms with Gasteiger partial charge in [-0.15, -0.1) is 0 Å². The van der Waals surface area contributed by atoms with Gasteiger partial charge in [-0.25, -0.2) is 4.39 Å². The fourth-order valence-electron chi connectivity index (χ4n) is 3.42. The number of hydrogen-bond acceptors (Lipinski definition) is 3. The lowest BCUT2D eigenvalue weighted by Gasteiger charge is -2.12. The zero-order valence-electron chi connectivity index (χ0n) is 16.3. The average molecular weight is 434 g/mol. The van der Waals surface area contributed by atoms with Crippen molar-refractivity contribution in [2.45, 2.75) is 25.6 Å². The third-order valence-electron chi connectivity index (χ3n) is 5.20. The molecular weight excluding hydrogens is 416 g/mol. The highest BCUT2D eigenvalue weighted by Crippen LogP contribution is 2.40. The van der Waals surface area contributed by atoms with Crippen LogP contribution < -0.4 is 10.6 Å². The van der Waals surface area contributed by atoms with Gasteiger partial charge in [-0.2, -0.15) is 13.2 Å². The Morgan fingerprint density at radius 1 is 1.06 bits per heavy atom. The molecule has 1 fully saturated rings. The minimum Gasteiger partial charge on any atom is -0.459 e. The van der Waals surface area contributed by atoms with Crippen LogP contribution in [0.4, 0.5) is 23.2 Å². The summed E-state index contributed by atoms with van der Waals surface area (Å²) in [7, 11) is 0. The fraction of sp³-hybridized carbons (Fsp3) is 0.273.